The van der Waals surface area contributed by atoms with Crippen molar-refractivity contribution in [3.8, 4) is 0 Å². The van der Waals surface area contributed by atoms with Crippen molar-refractivity contribution in [1.82, 2.24) is 9.97 Å². The van der Waals surface area contributed by atoms with Crippen molar-refractivity contribution in [2.24, 2.45) is 0 Å². The Morgan fingerprint density at radius 3 is 2.62 bits per heavy atom. The highest BCUT2D eigenvalue weighted by Gasteiger charge is 2.19. The van der Waals surface area contributed by atoms with E-state index in [4.69, 9.17) is 0 Å². The van der Waals surface area contributed by atoms with E-state index in [1.165, 1.54) is 18.5 Å². The Morgan fingerprint density at radius 1 is 1.29 bits per heavy atom. The molecule has 1 heterocycles. The van der Waals surface area contributed by atoms with Crippen molar-refractivity contribution in [1.29, 1.82) is 0 Å². The first-order valence-corrected chi connectivity index (χ1v) is 7.14. The molecular formula is C16H21FN4. The second kappa shape index (κ2) is 6.52. The van der Waals surface area contributed by atoms with Gasteiger partial charge in [0.25, 0.3) is 0 Å². The summed E-state index contributed by atoms with van der Waals surface area (Å²) in [6, 6.07) is 6.56. The molecule has 21 heavy (non-hydrogen) atoms. The summed E-state index contributed by atoms with van der Waals surface area (Å²) in [5.74, 6) is 1.63. The van der Waals surface area contributed by atoms with Gasteiger partial charge in [-0.2, -0.15) is 0 Å². The Labute approximate surface area is 125 Å². The molecule has 0 unspecified atom stereocenters. The van der Waals surface area contributed by atoms with Crippen molar-refractivity contribution in [2.75, 3.05) is 23.8 Å². The van der Waals surface area contributed by atoms with Crippen molar-refractivity contribution < 1.29 is 4.39 Å². The van der Waals surface area contributed by atoms with Crippen LogP contribution in [-0.4, -0.2) is 23.6 Å². The van der Waals surface area contributed by atoms with Crippen LogP contribution < -0.4 is 10.2 Å². The molecule has 0 bridgehead atoms. The van der Waals surface area contributed by atoms with Crippen LogP contribution in [0, 0.1) is 5.82 Å². The molecule has 0 radical (unpaired) electrons. The minimum Gasteiger partial charge on any atom is -0.373 e. The van der Waals surface area contributed by atoms with Crippen molar-refractivity contribution in [3.63, 3.8) is 0 Å². The molecule has 5 heteroatoms. The van der Waals surface area contributed by atoms with Crippen LogP contribution in [0.3, 0.4) is 0 Å². The molecule has 0 amide bonds. The Bertz CT molecular complexity index is 613. The highest BCUT2D eigenvalue weighted by molar-refractivity contribution is 5.68. The summed E-state index contributed by atoms with van der Waals surface area (Å²) in [5.41, 5.74) is 1.83. The zero-order valence-electron chi connectivity index (χ0n) is 12.9. The Hall–Kier alpha value is -2.17. The summed E-state index contributed by atoms with van der Waals surface area (Å²) in [4.78, 5) is 10.7. The molecule has 0 spiro atoms. The van der Waals surface area contributed by atoms with Crippen molar-refractivity contribution >= 4 is 17.3 Å². The monoisotopic (exact) mass is 288 g/mol. The SMILES string of the molecule is CCN(c1cccc(F)c1)c1ncnc(NC)c1C(C)C. The number of hydrogen-bond donors (Lipinski definition) is 1. The van der Waals surface area contributed by atoms with E-state index in [1.807, 2.05) is 24.9 Å². The molecule has 112 valence electrons. The summed E-state index contributed by atoms with van der Waals surface area (Å²) in [7, 11) is 1.84. The van der Waals surface area contributed by atoms with E-state index < -0.39 is 0 Å². The van der Waals surface area contributed by atoms with Gasteiger partial charge in [-0.3, -0.25) is 0 Å². The van der Waals surface area contributed by atoms with Crippen LogP contribution in [0.2, 0.25) is 0 Å². The van der Waals surface area contributed by atoms with Crippen molar-refractivity contribution in [2.45, 2.75) is 26.7 Å². The maximum atomic E-state index is 13.5. The predicted octanol–water partition coefficient (Wildman–Crippen LogP) is 3.94. The van der Waals surface area contributed by atoms with E-state index in [0.717, 1.165) is 22.9 Å². The summed E-state index contributed by atoms with van der Waals surface area (Å²) < 4.78 is 13.5. The smallest absolute Gasteiger partial charge is 0.142 e. The van der Waals surface area contributed by atoms with Crippen LogP contribution in [0.4, 0.5) is 21.7 Å². The van der Waals surface area contributed by atoms with E-state index in [9.17, 15) is 4.39 Å². The second-order valence-electron chi connectivity index (χ2n) is 5.09. The third-order valence-electron chi connectivity index (χ3n) is 3.37. The van der Waals surface area contributed by atoms with Crippen LogP contribution in [0.15, 0.2) is 30.6 Å². The fraction of sp³-hybridized carbons (Fsp3) is 0.375. The Kier molecular flexibility index (Phi) is 4.73. The van der Waals surface area contributed by atoms with Gasteiger partial charge < -0.3 is 10.2 Å². The summed E-state index contributed by atoms with van der Waals surface area (Å²) >= 11 is 0. The lowest BCUT2D eigenvalue weighted by Gasteiger charge is -2.26. The molecule has 0 saturated heterocycles. The van der Waals surface area contributed by atoms with Gasteiger partial charge in [-0.1, -0.05) is 19.9 Å². The standard InChI is InChI=1S/C16H21FN4/c1-5-21(13-8-6-7-12(17)9-13)16-14(11(2)3)15(18-4)19-10-20-16/h6-11H,5H2,1-4H3,(H,18,19,20). The van der Waals surface area contributed by atoms with Gasteiger partial charge in [-0.25, -0.2) is 14.4 Å². The molecule has 0 aliphatic heterocycles. The summed E-state index contributed by atoms with van der Waals surface area (Å²) in [5, 5.41) is 3.11. The number of nitrogens with zero attached hydrogens (tertiary/aromatic N) is 3. The minimum absolute atomic E-state index is 0.250. The summed E-state index contributed by atoms with van der Waals surface area (Å²) in [6.07, 6.45) is 1.54. The first-order valence-electron chi connectivity index (χ1n) is 7.14. The van der Waals surface area contributed by atoms with E-state index in [1.54, 1.807) is 6.07 Å². The predicted molar refractivity (Wildman–Crippen MR) is 84.7 cm³/mol. The molecule has 0 atom stereocenters. The van der Waals surface area contributed by atoms with Gasteiger partial charge in [0.2, 0.25) is 0 Å². The number of nitrogens with one attached hydrogen (secondary N) is 1. The van der Waals surface area contributed by atoms with Gasteiger partial charge in [0, 0.05) is 24.8 Å². The molecular weight excluding hydrogens is 267 g/mol. The number of rotatable bonds is 5. The normalized spacial score (nSPS) is 10.8. The van der Waals surface area contributed by atoms with Gasteiger partial charge in [-0.05, 0) is 31.0 Å². The Morgan fingerprint density at radius 2 is 2.05 bits per heavy atom. The number of halogens is 1. The number of aromatic nitrogens is 2. The lowest BCUT2D eigenvalue weighted by molar-refractivity contribution is 0.627. The molecule has 0 saturated carbocycles. The molecule has 1 aromatic carbocycles. The summed E-state index contributed by atoms with van der Waals surface area (Å²) in [6.45, 7) is 6.92. The largest absolute Gasteiger partial charge is 0.373 e. The zero-order valence-corrected chi connectivity index (χ0v) is 12.9. The molecule has 2 rings (SSSR count). The number of hydrogen-bond acceptors (Lipinski definition) is 4. The first kappa shape index (κ1) is 15.2. The van der Waals surface area contributed by atoms with Crippen molar-refractivity contribution in [3.05, 3.63) is 42.0 Å². The maximum absolute atomic E-state index is 13.5. The van der Waals surface area contributed by atoms with Gasteiger partial charge in [0.05, 0.1) is 0 Å². The zero-order chi connectivity index (χ0) is 15.4. The third-order valence-corrected chi connectivity index (χ3v) is 3.37. The third kappa shape index (κ3) is 3.12. The fourth-order valence-electron chi connectivity index (χ4n) is 2.43. The van der Waals surface area contributed by atoms with E-state index in [-0.39, 0.29) is 11.7 Å². The molecule has 0 fully saturated rings. The van der Waals surface area contributed by atoms with Crippen LogP contribution in [0.25, 0.3) is 0 Å². The molecule has 0 aliphatic rings. The number of benzene rings is 1. The van der Waals surface area contributed by atoms with Crippen LogP contribution in [0.1, 0.15) is 32.3 Å². The molecule has 4 nitrogen and oxygen atoms in total. The molecule has 1 N–H and O–H groups in total. The van der Waals surface area contributed by atoms with Crippen LogP contribution in [-0.2, 0) is 0 Å². The molecule has 2 aromatic rings. The van der Waals surface area contributed by atoms with E-state index >= 15 is 0 Å². The fourth-order valence-corrected chi connectivity index (χ4v) is 2.43. The van der Waals surface area contributed by atoms with Gasteiger partial charge >= 0.3 is 0 Å². The molecule has 0 aliphatic carbocycles. The Balaban J connectivity index is 2.57. The quantitative estimate of drug-likeness (QED) is 0.904. The number of anilines is 3. The lowest BCUT2D eigenvalue weighted by Crippen LogP contribution is -2.21. The first-order chi connectivity index (χ1) is 10.1. The van der Waals surface area contributed by atoms with E-state index in [0.29, 0.717) is 6.54 Å². The van der Waals surface area contributed by atoms with Crippen LogP contribution >= 0.6 is 0 Å². The average Bonchev–Trinajstić information content (AvgIpc) is 2.47. The topological polar surface area (TPSA) is 41.1 Å². The second-order valence-corrected chi connectivity index (χ2v) is 5.09. The molecule has 1 aromatic heterocycles. The van der Waals surface area contributed by atoms with E-state index in [2.05, 4.69) is 29.1 Å². The lowest BCUT2D eigenvalue weighted by atomic mass is 10.0. The highest BCUT2D eigenvalue weighted by atomic mass is 19.1. The average molecular weight is 288 g/mol. The van der Waals surface area contributed by atoms with Gasteiger partial charge in [-0.15, -0.1) is 0 Å². The van der Waals surface area contributed by atoms with Gasteiger partial charge in [0.15, 0.2) is 0 Å². The highest BCUT2D eigenvalue weighted by Crippen LogP contribution is 2.34. The van der Waals surface area contributed by atoms with Crippen LogP contribution in [0.5, 0.6) is 0 Å². The minimum atomic E-state index is -0.250. The van der Waals surface area contributed by atoms with Gasteiger partial charge in [0.1, 0.15) is 23.8 Å². The maximum Gasteiger partial charge on any atom is 0.142 e.